The van der Waals surface area contributed by atoms with E-state index < -0.39 is 8.72 Å². The molecule has 0 fully saturated rings. The van der Waals surface area contributed by atoms with Crippen molar-refractivity contribution in [3.05, 3.63) is 0 Å². The molecule has 5 heteroatoms. The molecule has 0 radical (unpaired) electrons. The molecule has 0 unspecified atom stereocenters. The maximum atomic E-state index is 11.3. The second kappa shape index (κ2) is 6.12. The van der Waals surface area contributed by atoms with Crippen LogP contribution in [0.3, 0.4) is 0 Å². The first-order chi connectivity index (χ1) is 6.08. The van der Waals surface area contributed by atoms with Crippen molar-refractivity contribution in [1.29, 1.82) is 0 Å². The number of amides is 1. The van der Waals surface area contributed by atoms with Crippen LogP contribution in [-0.2, 0) is 13.6 Å². The summed E-state index contributed by atoms with van der Waals surface area (Å²) in [7, 11) is 0.693. The molecule has 0 bridgehead atoms. The van der Waals surface area contributed by atoms with Gasteiger partial charge in [0.2, 0.25) is 5.91 Å². The van der Waals surface area contributed by atoms with E-state index in [1.165, 1.54) is 0 Å². The Hall–Kier alpha value is -0.393. The number of nitrogens with one attached hydrogen (secondary N) is 1. The molecule has 0 atom stereocenters. The topological polar surface area (TPSA) is 47.6 Å². The summed E-state index contributed by atoms with van der Waals surface area (Å²) in [6.07, 6.45) is 2.47. The lowest BCUT2D eigenvalue weighted by Gasteiger charge is -2.22. The van der Waals surface area contributed by atoms with Gasteiger partial charge in [-0.05, 0) is 13.0 Å². The summed E-state index contributed by atoms with van der Waals surface area (Å²) in [6, 6.07) is 0. The Balaban J connectivity index is 3.87. The van der Waals surface area contributed by atoms with E-state index >= 15 is 0 Å². The van der Waals surface area contributed by atoms with E-state index in [0.29, 0.717) is 6.42 Å². The van der Waals surface area contributed by atoms with Gasteiger partial charge in [-0.25, -0.2) is 0 Å². The van der Waals surface area contributed by atoms with Gasteiger partial charge in [0.05, 0.1) is 0 Å². The fourth-order valence-electron chi connectivity index (χ4n) is 0.838. The zero-order valence-corrected chi connectivity index (χ0v) is 9.85. The van der Waals surface area contributed by atoms with Crippen molar-refractivity contribution in [2.45, 2.75) is 32.7 Å². The van der Waals surface area contributed by atoms with Crippen LogP contribution >= 0.6 is 0 Å². The minimum atomic E-state index is -2.41. The van der Waals surface area contributed by atoms with Crippen molar-refractivity contribution in [2.75, 3.05) is 14.2 Å². The zero-order valence-electron chi connectivity index (χ0n) is 8.85. The molecule has 0 saturated heterocycles. The Morgan fingerprint density at radius 1 is 1.38 bits per heavy atom. The summed E-state index contributed by atoms with van der Waals surface area (Å²) >= 11 is 0. The highest BCUT2D eigenvalue weighted by Gasteiger charge is 2.31. The predicted molar refractivity (Wildman–Crippen MR) is 53.3 cm³/mol. The third-order valence-electron chi connectivity index (χ3n) is 1.90. The van der Waals surface area contributed by atoms with Gasteiger partial charge in [-0.2, -0.15) is 0 Å². The monoisotopic (exact) mass is 205 g/mol. The van der Waals surface area contributed by atoms with Crippen LogP contribution in [0.5, 0.6) is 0 Å². The first-order valence-electron chi connectivity index (χ1n) is 4.49. The van der Waals surface area contributed by atoms with Gasteiger partial charge in [0, 0.05) is 20.6 Å². The molecule has 0 aliphatic heterocycles. The van der Waals surface area contributed by atoms with Crippen molar-refractivity contribution < 1.29 is 13.6 Å². The molecule has 1 N–H and O–H groups in total. The smallest absolute Gasteiger partial charge is 0.382 e. The summed E-state index contributed by atoms with van der Waals surface area (Å²) in [6.45, 7) is 3.85. The van der Waals surface area contributed by atoms with Gasteiger partial charge in [0.1, 0.15) is 0 Å². The molecule has 0 heterocycles. The number of hydrogen-bond acceptors (Lipinski definition) is 3. The summed E-state index contributed by atoms with van der Waals surface area (Å²) in [5.41, 5.74) is 0. The summed E-state index contributed by atoms with van der Waals surface area (Å²) < 4.78 is 10.2. The third kappa shape index (κ3) is 5.02. The Morgan fingerprint density at radius 2 is 1.92 bits per heavy atom. The van der Waals surface area contributed by atoms with Gasteiger partial charge >= 0.3 is 8.72 Å². The molecular weight excluding hydrogens is 186 g/mol. The highest BCUT2D eigenvalue weighted by atomic mass is 28.4. The molecule has 4 nitrogen and oxygen atoms in total. The lowest BCUT2D eigenvalue weighted by atomic mass is 10.2. The van der Waals surface area contributed by atoms with Crippen LogP contribution in [0.1, 0.15) is 26.2 Å². The average molecular weight is 205 g/mol. The van der Waals surface area contributed by atoms with Gasteiger partial charge in [0.15, 0.2) is 0 Å². The van der Waals surface area contributed by atoms with E-state index in [2.05, 4.69) is 11.9 Å². The second-order valence-corrected chi connectivity index (χ2v) is 5.96. The zero-order chi connectivity index (χ0) is 10.3. The minimum Gasteiger partial charge on any atom is -0.382 e. The third-order valence-corrected chi connectivity index (χ3v) is 4.19. The highest BCUT2D eigenvalue weighted by Crippen LogP contribution is 2.01. The minimum absolute atomic E-state index is 0.0136. The standard InChI is InChI=1S/C8H19NO3Si/c1-5-6-7-8(10)9-13(4,11-2)12-3/h5-7H2,1-4H3,(H,9,10). The van der Waals surface area contributed by atoms with Gasteiger partial charge in [-0.1, -0.05) is 13.3 Å². The van der Waals surface area contributed by atoms with Crippen molar-refractivity contribution in [1.82, 2.24) is 4.98 Å². The van der Waals surface area contributed by atoms with Crippen LogP contribution in [0.15, 0.2) is 0 Å². The summed E-state index contributed by atoms with van der Waals surface area (Å²) in [4.78, 5) is 14.1. The summed E-state index contributed by atoms with van der Waals surface area (Å²) in [5.74, 6) is 0.0136. The number of hydrogen-bond donors (Lipinski definition) is 1. The van der Waals surface area contributed by atoms with Gasteiger partial charge in [-0.15, -0.1) is 0 Å². The molecule has 0 aliphatic rings. The van der Waals surface area contributed by atoms with Gasteiger partial charge in [0.25, 0.3) is 0 Å². The molecule has 0 aromatic carbocycles. The van der Waals surface area contributed by atoms with Crippen LogP contribution in [0.25, 0.3) is 0 Å². The molecule has 0 spiro atoms. The van der Waals surface area contributed by atoms with E-state index in [1.807, 2.05) is 0 Å². The first kappa shape index (κ1) is 12.6. The predicted octanol–water partition coefficient (Wildman–Crippen LogP) is 1.15. The lowest BCUT2D eigenvalue weighted by Crippen LogP contribution is -2.54. The van der Waals surface area contributed by atoms with Crippen molar-refractivity contribution >= 4 is 14.6 Å². The quantitative estimate of drug-likeness (QED) is 0.662. The number of rotatable bonds is 6. The number of carbonyl (C=O) groups is 1. The molecular formula is C8H19NO3Si. The van der Waals surface area contributed by atoms with Crippen LogP contribution < -0.4 is 4.98 Å². The van der Waals surface area contributed by atoms with Crippen molar-refractivity contribution in [3.63, 3.8) is 0 Å². The SMILES string of the molecule is CCCCC(=O)N[Si](C)(OC)OC. The van der Waals surface area contributed by atoms with E-state index in [1.54, 1.807) is 20.8 Å². The van der Waals surface area contributed by atoms with E-state index in [4.69, 9.17) is 8.85 Å². The number of unbranched alkanes of at least 4 members (excludes halogenated alkanes) is 1. The second-order valence-electron chi connectivity index (χ2n) is 3.01. The van der Waals surface area contributed by atoms with Gasteiger partial charge < -0.3 is 13.8 Å². The Kier molecular flexibility index (Phi) is 5.94. The molecule has 0 aromatic heterocycles. The molecule has 0 aromatic rings. The fourth-order valence-corrected chi connectivity index (χ4v) is 1.84. The Labute approximate surface area is 80.9 Å². The Bertz CT molecular complexity index is 159. The molecule has 0 aliphatic carbocycles. The van der Waals surface area contributed by atoms with E-state index in [0.717, 1.165) is 12.8 Å². The van der Waals surface area contributed by atoms with Crippen LogP contribution in [0.2, 0.25) is 6.55 Å². The molecule has 78 valence electrons. The summed E-state index contributed by atoms with van der Waals surface area (Å²) in [5, 5.41) is 0. The van der Waals surface area contributed by atoms with Gasteiger partial charge in [-0.3, -0.25) is 4.79 Å². The van der Waals surface area contributed by atoms with Crippen molar-refractivity contribution in [2.24, 2.45) is 0 Å². The van der Waals surface area contributed by atoms with Crippen LogP contribution in [0, 0.1) is 0 Å². The number of carbonyl (C=O) groups excluding carboxylic acids is 1. The first-order valence-corrected chi connectivity index (χ1v) is 6.81. The van der Waals surface area contributed by atoms with Crippen LogP contribution in [0.4, 0.5) is 0 Å². The maximum absolute atomic E-state index is 11.3. The normalized spacial score (nSPS) is 11.4. The average Bonchev–Trinajstić information content (AvgIpc) is 2.14. The molecule has 1 amide bonds. The lowest BCUT2D eigenvalue weighted by molar-refractivity contribution is -0.120. The van der Waals surface area contributed by atoms with Crippen LogP contribution in [-0.4, -0.2) is 28.8 Å². The van der Waals surface area contributed by atoms with E-state index in [-0.39, 0.29) is 5.91 Å². The molecule has 0 rings (SSSR count). The largest absolute Gasteiger partial charge is 0.455 e. The molecule has 0 saturated carbocycles. The Morgan fingerprint density at radius 3 is 2.31 bits per heavy atom. The highest BCUT2D eigenvalue weighted by molar-refractivity contribution is 6.65. The molecule has 13 heavy (non-hydrogen) atoms. The van der Waals surface area contributed by atoms with E-state index in [9.17, 15) is 4.79 Å². The van der Waals surface area contributed by atoms with Crippen molar-refractivity contribution in [3.8, 4) is 0 Å². The fraction of sp³-hybridized carbons (Fsp3) is 0.875. The maximum Gasteiger partial charge on any atom is 0.455 e.